The summed E-state index contributed by atoms with van der Waals surface area (Å²) in [6, 6.07) is 9.83. The van der Waals surface area contributed by atoms with E-state index >= 15 is 0 Å². The lowest BCUT2D eigenvalue weighted by Crippen LogP contribution is -2.15. The summed E-state index contributed by atoms with van der Waals surface area (Å²) in [5, 5.41) is 12.6. The maximum absolute atomic E-state index is 12.0. The molecule has 1 N–H and O–H groups in total. The third kappa shape index (κ3) is 3.86. The zero-order chi connectivity index (χ0) is 16.1. The van der Waals surface area contributed by atoms with E-state index in [1.165, 1.54) is 11.3 Å². The minimum absolute atomic E-state index is 0.148. The van der Waals surface area contributed by atoms with Gasteiger partial charge in [-0.25, -0.2) is 0 Å². The number of hydrogen-bond acceptors (Lipinski definition) is 4. The van der Waals surface area contributed by atoms with E-state index in [4.69, 9.17) is 10.00 Å². The fourth-order valence-corrected chi connectivity index (χ4v) is 2.96. The van der Waals surface area contributed by atoms with E-state index in [0.29, 0.717) is 17.2 Å². The third-order valence-corrected chi connectivity index (χ3v) is 4.49. The van der Waals surface area contributed by atoms with Crippen LogP contribution in [0.3, 0.4) is 0 Å². The second kappa shape index (κ2) is 7.10. The Morgan fingerprint density at radius 3 is 2.59 bits per heavy atom. The number of hydrogen-bond donors (Lipinski definition) is 1. The van der Waals surface area contributed by atoms with Gasteiger partial charge >= 0.3 is 0 Å². The molecule has 0 spiro atoms. The second-order valence-corrected chi connectivity index (χ2v) is 6.28. The largest absolute Gasteiger partial charge is 0.493 e. The molecule has 1 aromatic carbocycles. The highest BCUT2D eigenvalue weighted by Crippen LogP contribution is 2.31. The molecule has 114 valence electrons. The van der Waals surface area contributed by atoms with Crippen molar-refractivity contribution in [3.63, 3.8) is 0 Å². The van der Waals surface area contributed by atoms with Gasteiger partial charge in [-0.2, -0.15) is 5.26 Å². The van der Waals surface area contributed by atoms with Crippen molar-refractivity contribution in [3.8, 4) is 11.8 Å². The van der Waals surface area contributed by atoms with Crippen LogP contribution in [0.5, 0.6) is 5.75 Å². The topological polar surface area (TPSA) is 62.1 Å². The van der Waals surface area contributed by atoms with Gasteiger partial charge in [-0.05, 0) is 38.5 Å². The maximum Gasteiger partial charge on any atom is 0.228 e. The molecule has 0 aliphatic heterocycles. The molecule has 0 saturated carbocycles. The number of anilines is 1. The van der Waals surface area contributed by atoms with E-state index in [1.54, 1.807) is 0 Å². The Morgan fingerprint density at radius 1 is 1.27 bits per heavy atom. The number of nitrogens with zero attached hydrogens (tertiary/aromatic N) is 1. The van der Waals surface area contributed by atoms with Crippen molar-refractivity contribution >= 4 is 22.2 Å². The van der Waals surface area contributed by atoms with Gasteiger partial charge in [0, 0.05) is 4.88 Å². The Morgan fingerprint density at radius 2 is 1.95 bits per heavy atom. The number of aryl methyl sites for hydroxylation is 2. The van der Waals surface area contributed by atoms with Gasteiger partial charge < -0.3 is 10.1 Å². The summed E-state index contributed by atoms with van der Waals surface area (Å²) in [5.41, 5.74) is 2.64. The van der Waals surface area contributed by atoms with Crippen LogP contribution >= 0.6 is 11.3 Å². The minimum Gasteiger partial charge on any atom is -0.493 e. The van der Waals surface area contributed by atoms with Gasteiger partial charge in [-0.1, -0.05) is 17.7 Å². The van der Waals surface area contributed by atoms with Crippen molar-refractivity contribution in [2.24, 2.45) is 0 Å². The lowest BCUT2D eigenvalue weighted by Gasteiger charge is -2.07. The zero-order valence-electron chi connectivity index (χ0n) is 12.9. The Hall–Kier alpha value is -2.32. The molecular weight excluding hydrogens is 296 g/mol. The first kappa shape index (κ1) is 16.1. The lowest BCUT2D eigenvalue weighted by atomic mass is 10.2. The van der Waals surface area contributed by atoms with Gasteiger partial charge in [0.05, 0.1) is 18.6 Å². The summed E-state index contributed by atoms with van der Waals surface area (Å²) in [4.78, 5) is 13.0. The van der Waals surface area contributed by atoms with Crippen LogP contribution < -0.4 is 10.1 Å². The van der Waals surface area contributed by atoms with E-state index in [-0.39, 0.29) is 12.3 Å². The monoisotopic (exact) mass is 314 g/mol. The normalized spacial score (nSPS) is 10.1. The van der Waals surface area contributed by atoms with Gasteiger partial charge in [0.1, 0.15) is 16.8 Å². The van der Waals surface area contributed by atoms with E-state index in [0.717, 1.165) is 21.8 Å². The molecule has 4 nitrogen and oxygen atoms in total. The van der Waals surface area contributed by atoms with Crippen LogP contribution in [0.2, 0.25) is 0 Å². The Balaban J connectivity index is 1.87. The van der Waals surface area contributed by atoms with E-state index in [9.17, 15) is 4.79 Å². The van der Waals surface area contributed by atoms with Crippen LogP contribution in [-0.2, 0) is 4.79 Å². The van der Waals surface area contributed by atoms with Crippen LogP contribution in [0.15, 0.2) is 24.3 Å². The van der Waals surface area contributed by atoms with Gasteiger partial charge in [0.15, 0.2) is 0 Å². The van der Waals surface area contributed by atoms with Gasteiger partial charge in [-0.3, -0.25) is 4.79 Å². The molecule has 0 bridgehead atoms. The van der Waals surface area contributed by atoms with E-state index in [2.05, 4.69) is 11.4 Å². The van der Waals surface area contributed by atoms with Gasteiger partial charge in [0.2, 0.25) is 5.91 Å². The Labute approximate surface area is 134 Å². The molecule has 1 heterocycles. The number of carbonyl (C=O) groups is 1. The Kier molecular flexibility index (Phi) is 5.18. The summed E-state index contributed by atoms with van der Waals surface area (Å²) in [6.45, 7) is 6.15. The van der Waals surface area contributed by atoms with Crippen LogP contribution in [0.4, 0.5) is 5.00 Å². The summed E-state index contributed by atoms with van der Waals surface area (Å²) < 4.78 is 5.53. The number of nitrogens with one attached hydrogen (secondary N) is 1. The lowest BCUT2D eigenvalue weighted by molar-refractivity contribution is -0.116. The SMILES string of the molecule is Cc1ccc(OCCC(=O)Nc2sc(C)c(C)c2C#N)cc1. The van der Waals surface area contributed by atoms with E-state index < -0.39 is 0 Å². The van der Waals surface area contributed by atoms with Crippen LogP contribution in [0, 0.1) is 32.1 Å². The highest BCUT2D eigenvalue weighted by molar-refractivity contribution is 7.16. The molecular formula is C17H18N2O2S. The molecule has 0 atom stereocenters. The third-order valence-electron chi connectivity index (χ3n) is 3.37. The molecule has 2 aromatic rings. The van der Waals surface area contributed by atoms with Crippen LogP contribution in [0.25, 0.3) is 0 Å². The average Bonchev–Trinajstić information content (AvgIpc) is 2.75. The van der Waals surface area contributed by atoms with Crippen LogP contribution in [0.1, 0.15) is 28.0 Å². The number of nitriles is 1. The summed E-state index contributed by atoms with van der Waals surface area (Å²) in [5.74, 6) is 0.601. The number of benzene rings is 1. The highest BCUT2D eigenvalue weighted by atomic mass is 32.1. The zero-order valence-corrected chi connectivity index (χ0v) is 13.7. The first-order chi connectivity index (χ1) is 10.5. The summed E-state index contributed by atoms with van der Waals surface area (Å²) >= 11 is 1.43. The van der Waals surface area contributed by atoms with Crippen molar-refractivity contribution in [2.75, 3.05) is 11.9 Å². The molecule has 1 amide bonds. The maximum atomic E-state index is 12.0. The average molecular weight is 314 g/mol. The molecule has 0 saturated heterocycles. The van der Waals surface area contributed by atoms with Gasteiger partial charge in [0.25, 0.3) is 0 Å². The van der Waals surface area contributed by atoms with Crippen molar-refractivity contribution in [3.05, 3.63) is 45.8 Å². The standard InChI is InChI=1S/C17H18N2O2S/c1-11-4-6-14(7-5-11)21-9-8-16(20)19-17-15(10-18)12(2)13(3)22-17/h4-7H,8-9H2,1-3H3,(H,19,20). The summed E-state index contributed by atoms with van der Waals surface area (Å²) in [7, 11) is 0. The Bertz CT molecular complexity index is 711. The fraction of sp³-hybridized carbons (Fsp3) is 0.294. The van der Waals surface area contributed by atoms with Gasteiger partial charge in [-0.15, -0.1) is 11.3 Å². The number of carbonyl (C=O) groups excluding carboxylic acids is 1. The molecule has 1 aromatic heterocycles. The molecule has 0 aliphatic rings. The van der Waals surface area contributed by atoms with Crippen molar-refractivity contribution < 1.29 is 9.53 Å². The predicted molar refractivity (Wildman–Crippen MR) is 88.4 cm³/mol. The number of ether oxygens (including phenoxy) is 1. The molecule has 0 fully saturated rings. The quantitative estimate of drug-likeness (QED) is 0.909. The second-order valence-electron chi connectivity index (χ2n) is 5.06. The minimum atomic E-state index is -0.148. The number of amides is 1. The number of thiophene rings is 1. The molecule has 22 heavy (non-hydrogen) atoms. The first-order valence-electron chi connectivity index (χ1n) is 7.00. The molecule has 0 unspecified atom stereocenters. The smallest absolute Gasteiger partial charge is 0.228 e. The molecule has 2 rings (SSSR count). The first-order valence-corrected chi connectivity index (χ1v) is 7.82. The number of rotatable bonds is 5. The highest BCUT2D eigenvalue weighted by Gasteiger charge is 2.14. The fourth-order valence-electron chi connectivity index (χ4n) is 1.93. The molecule has 5 heteroatoms. The van der Waals surface area contributed by atoms with Crippen molar-refractivity contribution in [1.82, 2.24) is 0 Å². The molecule has 0 aliphatic carbocycles. The predicted octanol–water partition coefficient (Wildman–Crippen LogP) is 3.95. The van der Waals surface area contributed by atoms with E-state index in [1.807, 2.05) is 45.0 Å². The van der Waals surface area contributed by atoms with Crippen molar-refractivity contribution in [1.29, 1.82) is 5.26 Å². The summed E-state index contributed by atoms with van der Waals surface area (Å²) in [6.07, 6.45) is 0.245. The van der Waals surface area contributed by atoms with Crippen LogP contribution in [-0.4, -0.2) is 12.5 Å². The molecule has 0 radical (unpaired) electrons. The van der Waals surface area contributed by atoms with Crippen molar-refractivity contribution in [2.45, 2.75) is 27.2 Å².